The van der Waals surface area contributed by atoms with E-state index < -0.39 is 12.1 Å². The van der Waals surface area contributed by atoms with Crippen LogP contribution in [-0.4, -0.2) is 51.0 Å². The Labute approximate surface area is 98.3 Å². The summed E-state index contributed by atoms with van der Waals surface area (Å²) in [5, 5.41) is 17.0. The second-order valence-electron chi connectivity index (χ2n) is 4.70. The molecule has 2 aliphatic rings. The zero-order chi connectivity index (χ0) is 12.0. The fraction of sp³-hybridized carbons (Fsp3) is 0.800. The minimum atomic E-state index is -0.672. The maximum atomic E-state index is 9.32. The van der Waals surface area contributed by atoms with Crippen molar-refractivity contribution in [3.63, 3.8) is 0 Å². The molecule has 0 bridgehead atoms. The Hall–Kier alpha value is -1.02. The van der Waals surface area contributed by atoms with Crippen LogP contribution in [0.5, 0.6) is 0 Å². The Balaban J connectivity index is 1.89. The molecule has 2 fully saturated rings. The number of aliphatic hydroxyl groups is 1. The van der Waals surface area contributed by atoms with Gasteiger partial charge in [-0.25, -0.2) is 4.68 Å². The smallest absolute Gasteiger partial charge is 0.189 e. The van der Waals surface area contributed by atoms with Crippen molar-refractivity contribution >= 4 is 0 Å². The molecule has 0 radical (unpaired) electrons. The average molecular weight is 241 g/mol. The highest BCUT2D eigenvalue weighted by Gasteiger charge is 2.55. The van der Waals surface area contributed by atoms with Gasteiger partial charge >= 0.3 is 0 Å². The fourth-order valence-electron chi connectivity index (χ4n) is 2.41. The third-order valence-electron chi connectivity index (χ3n) is 3.04. The van der Waals surface area contributed by atoms with Gasteiger partial charge in [0, 0.05) is 6.20 Å². The van der Waals surface area contributed by atoms with Crippen molar-refractivity contribution in [1.82, 2.24) is 15.0 Å². The van der Waals surface area contributed by atoms with Crippen molar-refractivity contribution in [2.75, 3.05) is 6.61 Å². The number of hydrogen-bond acceptors (Lipinski definition) is 6. The van der Waals surface area contributed by atoms with E-state index in [1.807, 2.05) is 13.8 Å². The van der Waals surface area contributed by atoms with Crippen molar-refractivity contribution < 1.29 is 19.3 Å². The highest BCUT2D eigenvalue weighted by Crippen LogP contribution is 2.42. The largest absolute Gasteiger partial charge is 0.394 e. The summed E-state index contributed by atoms with van der Waals surface area (Å²) < 4.78 is 18.7. The van der Waals surface area contributed by atoms with E-state index in [4.69, 9.17) is 14.2 Å². The molecular formula is C10H15N3O4. The third-order valence-corrected chi connectivity index (χ3v) is 3.04. The Bertz CT molecular complexity index is 394. The predicted molar refractivity (Wildman–Crippen MR) is 54.8 cm³/mol. The predicted octanol–water partition coefficient (Wildman–Crippen LogP) is -0.312. The van der Waals surface area contributed by atoms with Crippen LogP contribution in [0.4, 0.5) is 0 Å². The summed E-state index contributed by atoms with van der Waals surface area (Å²) >= 11 is 0. The topological polar surface area (TPSA) is 78.6 Å². The summed E-state index contributed by atoms with van der Waals surface area (Å²) in [5.74, 6) is -0.672. The molecule has 0 aliphatic carbocycles. The van der Waals surface area contributed by atoms with Gasteiger partial charge in [0.15, 0.2) is 12.1 Å². The van der Waals surface area contributed by atoms with Gasteiger partial charge in [-0.2, -0.15) is 0 Å². The van der Waals surface area contributed by atoms with Gasteiger partial charge in [-0.3, -0.25) is 0 Å². The number of rotatable bonds is 2. The van der Waals surface area contributed by atoms with Gasteiger partial charge in [-0.05, 0) is 13.8 Å². The van der Waals surface area contributed by atoms with E-state index in [1.54, 1.807) is 17.1 Å². The summed E-state index contributed by atoms with van der Waals surface area (Å²) in [6, 6.07) is -0.214. The molecule has 1 N–H and O–H groups in total. The first-order valence-electron chi connectivity index (χ1n) is 5.58. The van der Waals surface area contributed by atoms with E-state index in [9.17, 15) is 5.11 Å². The SMILES string of the molecule is CC1(C)O[C@H]2O[C@H](CO)[C@H](n3ccnn3)[C@H]2O1. The van der Waals surface area contributed by atoms with Gasteiger partial charge in [0.2, 0.25) is 0 Å². The maximum absolute atomic E-state index is 9.32. The van der Waals surface area contributed by atoms with E-state index in [0.717, 1.165) is 0 Å². The van der Waals surface area contributed by atoms with Crippen LogP contribution in [0.2, 0.25) is 0 Å². The zero-order valence-electron chi connectivity index (χ0n) is 9.68. The minimum Gasteiger partial charge on any atom is -0.394 e. The summed E-state index contributed by atoms with van der Waals surface area (Å²) in [6.07, 6.45) is 2.19. The summed E-state index contributed by atoms with van der Waals surface area (Å²) in [5.41, 5.74) is 0. The molecule has 7 nitrogen and oxygen atoms in total. The molecule has 17 heavy (non-hydrogen) atoms. The molecule has 7 heteroatoms. The molecule has 0 aromatic carbocycles. The van der Waals surface area contributed by atoms with Crippen LogP contribution in [0.1, 0.15) is 19.9 Å². The fourth-order valence-corrected chi connectivity index (χ4v) is 2.41. The molecule has 2 saturated heterocycles. The molecule has 0 unspecified atom stereocenters. The number of nitrogens with zero attached hydrogens (tertiary/aromatic N) is 3. The molecule has 0 amide bonds. The number of ether oxygens (including phenoxy) is 3. The average Bonchev–Trinajstić information content (AvgIpc) is 2.90. The Morgan fingerprint density at radius 2 is 2.24 bits per heavy atom. The van der Waals surface area contributed by atoms with Crippen molar-refractivity contribution in [1.29, 1.82) is 0 Å². The lowest BCUT2D eigenvalue weighted by Crippen LogP contribution is -2.34. The first kappa shape index (κ1) is 11.1. The van der Waals surface area contributed by atoms with Gasteiger partial charge in [-0.15, -0.1) is 5.10 Å². The molecule has 3 rings (SSSR count). The van der Waals surface area contributed by atoms with E-state index in [0.29, 0.717) is 0 Å². The summed E-state index contributed by atoms with van der Waals surface area (Å²) in [7, 11) is 0. The first-order valence-corrected chi connectivity index (χ1v) is 5.58. The standard InChI is InChI=1S/C10H15N3O4/c1-10(2)16-8-7(13-4-3-11-12-13)6(5-14)15-9(8)17-10/h3-4,6-9,14H,5H2,1-2H3/t6-,7+,8-,9-/m1/s1. The molecule has 4 atom stereocenters. The second-order valence-corrected chi connectivity index (χ2v) is 4.70. The van der Waals surface area contributed by atoms with Gasteiger partial charge < -0.3 is 19.3 Å². The molecule has 1 aromatic rings. The van der Waals surface area contributed by atoms with Crippen molar-refractivity contribution in [2.45, 2.75) is 44.2 Å². The number of hydrogen-bond donors (Lipinski definition) is 1. The molecule has 1 aromatic heterocycles. The molecule has 3 heterocycles. The second kappa shape index (κ2) is 3.74. The van der Waals surface area contributed by atoms with Gasteiger partial charge in [0.05, 0.1) is 12.8 Å². The Morgan fingerprint density at radius 1 is 1.41 bits per heavy atom. The Kier molecular flexibility index (Phi) is 2.44. The lowest BCUT2D eigenvalue weighted by molar-refractivity contribution is -0.212. The molecule has 2 aliphatic heterocycles. The van der Waals surface area contributed by atoms with Crippen LogP contribution >= 0.6 is 0 Å². The molecule has 94 valence electrons. The monoisotopic (exact) mass is 241 g/mol. The highest BCUT2D eigenvalue weighted by atomic mass is 16.8. The lowest BCUT2D eigenvalue weighted by atomic mass is 10.1. The van der Waals surface area contributed by atoms with Crippen LogP contribution in [0, 0.1) is 0 Å². The maximum Gasteiger partial charge on any atom is 0.189 e. The van der Waals surface area contributed by atoms with Gasteiger partial charge in [0.1, 0.15) is 18.2 Å². The summed E-state index contributed by atoms with van der Waals surface area (Å²) in [6.45, 7) is 3.56. The quantitative estimate of drug-likeness (QED) is 0.765. The summed E-state index contributed by atoms with van der Waals surface area (Å²) in [4.78, 5) is 0. The van der Waals surface area contributed by atoms with Gasteiger partial charge in [0.25, 0.3) is 0 Å². The van der Waals surface area contributed by atoms with Crippen LogP contribution in [0.25, 0.3) is 0 Å². The number of aromatic nitrogens is 3. The van der Waals surface area contributed by atoms with Gasteiger partial charge in [-0.1, -0.05) is 5.21 Å². The third kappa shape index (κ3) is 1.75. The Morgan fingerprint density at radius 3 is 2.88 bits per heavy atom. The van der Waals surface area contributed by atoms with Crippen molar-refractivity contribution in [3.8, 4) is 0 Å². The number of aliphatic hydroxyl groups excluding tert-OH is 1. The van der Waals surface area contributed by atoms with E-state index >= 15 is 0 Å². The zero-order valence-corrected chi connectivity index (χ0v) is 9.68. The lowest BCUT2D eigenvalue weighted by Gasteiger charge is -2.24. The van der Waals surface area contributed by atoms with E-state index in [-0.39, 0.29) is 24.9 Å². The highest BCUT2D eigenvalue weighted by molar-refractivity contribution is 4.96. The first-order chi connectivity index (χ1) is 8.11. The van der Waals surface area contributed by atoms with Crippen LogP contribution in [0.15, 0.2) is 12.4 Å². The van der Waals surface area contributed by atoms with E-state index in [2.05, 4.69) is 10.3 Å². The minimum absolute atomic E-state index is 0.106. The normalized spacial score (nSPS) is 39.5. The molecule has 0 spiro atoms. The van der Waals surface area contributed by atoms with Crippen LogP contribution < -0.4 is 0 Å². The molecular weight excluding hydrogens is 226 g/mol. The van der Waals surface area contributed by atoms with Crippen LogP contribution in [0.3, 0.4) is 0 Å². The van der Waals surface area contributed by atoms with Crippen LogP contribution in [-0.2, 0) is 14.2 Å². The van der Waals surface area contributed by atoms with Crippen molar-refractivity contribution in [3.05, 3.63) is 12.4 Å². The van der Waals surface area contributed by atoms with Crippen molar-refractivity contribution in [2.24, 2.45) is 0 Å². The van der Waals surface area contributed by atoms with E-state index in [1.165, 1.54) is 0 Å². The number of fused-ring (bicyclic) bond motifs is 1. The molecule has 0 saturated carbocycles.